The first-order valence-corrected chi connectivity index (χ1v) is 33.6. The van der Waals surface area contributed by atoms with Crippen molar-refractivity contribution in [2.24, 2.45) is 0 Å². The minimum atomic E-state index is -1.71. The number of benzene rings is 4. The second kappa shape index (κ2) is 12.2. The molecule has 4 aromatic carbocycles. The number of hydrogen-bond acceptors (Lipinski definition) is 0. The highest BCUT2D eigenvalue weighted by Gasteiger charge is 2.36. The Morgan fingerprint density at radius 2 is 0.750 bits per heavy atom. The Morgan fingerprint density at radius 1 is 0.432 bits per heavy atom. The Labute approximate surface area is 279 Å². The van der Waals surface area contributed by atoms with Crippen molar-refractivity contribution < 1.29 is 0 Å². The molecule has 0 N–H and O–H groups in total. The van der Waals surface area contributed by atoms with Crippen molar-refractivity contribution in [3.63, 3.8) is 0 Å². The van der Waals surface area contributed by atoms with E-state index in [0.29, 0.717) is 0 Å². The maximum Gasteiger partial charge on any atom is 0.0885 e. The second-order valence-corrected chi connectivity index (χ2v) is 41.4. The summed E-state index contributed by atoms with van der Waals surface area (Å²) in [5.41, 5.74) is 5.95. The summed E-state index contributed by atoms with van der Waals surface area (Å²) in [6.07, 6.45) is 0. The molecular weight excluding hydrogens is 625 g/mol. The summed E-state index contributed by atoms with van der Waals surface area (Å²) in [5.74, 6) is 0. The summed E-state index contributed by atoms with van der Waals surface area (Å²) in [7, 11) is -7.98. The van der Waals surface area contributed by atoms with Crippen molar-refractivity contribution >= 4 is 104 Å². The van der Waals surface area contributed by atoms with Crippen molar-refractivity contribution in [1.29, 1.82) is 0 Å². The van der Waals surface area contributed by atoms with Gasteiger partial charge in [0.1, 0.15) is 0 Å². The molecule has 0 unspecified atom stereocenters. The summed E-state index contributed by atoms with van der Waals surface area (Å²) in [5, 5.41) is 17.4. The molecule has 0 aromatic heterocycles. The molecule has 0 nitrogen and oxygen atoms in total. The number of aryl methyl sites for hydroxylation is 2. The molecule has 0 aliphatic carbocycles. The minimum absolute atomic E-state index is 0.702. The number of fused-ring (bicyclic) bond motifs is 1. The van der Waals surface area contributed by atoms with Gasteiger partial charge in [0.15, 0.2) is 0 Å². The van der Waals surface area contributed by atoms with Gasteiger partial charge >= 0.3 is 0 Å². The molecule has 0 bridgehead atoms. The van der Waals surface area contributed by atoms with Crippen LogP contribution in [0.4, 0.5) is 0 Å². The molecule has 0 fully saturated rings. The van der Waals surface area contributed by atoms with Crippen LogP contribution in [0.5, 0.6) is 0 Å². The molecule has 6 heteroatoms. The maximum absolute atomic E-state index is 2.81. The summed E-state index contributed by atoms with van der Waals surface area (Å²) in [6.45, 7) is 40.8. The van der Waals surface area contributed by atoms with Gasteiger partial charge < -0.3 is 0 Å². The van der Waals surface area contributed by atoms with E-state index in [4.69, 9.17) is 0 Å². The smallest absolute Gasteiger partial charge is 0.0656 e. The third-order valence-corrected chi connectivity index (χ3v) is 23.8. The third kappa shape index (κ3) is 7.05. The highest BCUT2D eigenvalue weighted by atomic mass is 28.3. The van der Waals surface area contributed by atoms with Crippen LogP contribution in [0.15, 0.2) is 48.5 Å². The van der Waals surface area contributed by atoms with Crippen LogP contribution >= 0.6 is 0 Å². The Hall–Kier alpha value is -1.56. The second-order valence-electron chi connectivity index (χ2n) is 17.7. The molecule has 0 aliphatic rings. The fourth-order valence-electron chi connectivity index (χ4n) is 7.32. The van der Waals surface area contributed by atoms with Crippen molar-refractivity contribution in [2.45, 2.75) is 106 Å². The molecule has 0 aliphatic heterocycles. The van der Waals surface area contributed by atoms with Crippen LogP contribution in [0.1, 0.15) is 22.3 Å². The Balaban J connectivity index is 2.33. The van der Waals surface area contributed by atoms with Crippen molar-refractivity contribution in [3.05, 3.63) is 70.8 Å². The van der Waals surface area contributed by atoms with Crippen LogP contribution in [0.3, 0.4) is 0 Å². The van der Waals surface area contributed by atoms with E-state index in [2.05, 4.69) is 155 Å². The Bertz CT molecular complexity index is 1590. The first-order valence-electron chi connectivity index (χ1n) is 16.8. The zero-order valence-electron chi connectivity index (χ0n) is 31.0. The van der Waals surface area contributed by atoms with Gasteiger partial charge in [-0.3, -0.25) is 0 Å². The topological polar surface area (TPSA) is 0 Å². The van der Waals surface area contributed by atoms with Gasteiger partial charge in [0.2, 0.25) is 0 Å². The quantitative estimate of drug-likeness (QED) is 0.240. The third-order valence-electron chi connectivity index (χ3n) is 9.95. The molecular formula is C38H60Si6. The summed E-state index contributed by atoms with van der Waals surface area (Å²) in [4.78, 5) is 0. The molecule has 4 aromatic rings. The highest BCUT2D eigenvalue weighted by molar-refractivity contribution is 7.05. The van der Waals surface area contributed by atoms with Gasteiger partial charge in [-0.2, -0.15) is 0 Å². The predicted molar refractivity (Wildman–Crippen MR) is 223 cm³/mol. The van der Waals surface area contributed by atoms with Crippen molar-refractivity contribution in [1.82, 2.24) is 0 Å². The lowest BCUT2D eigenvalue weighted by Gasteiger charge is -2.37. The average molecular weight is 685 g/mol. The standard InChI is InChI=1S/C38H60Si6/c1-25-19-17-21-31(27(25)3)39-35-29-23-33(41(5,6)7)34(42(8,9)10)24-30(29)36(40-32-22-18-20-26(2)28(32)4)38(44(14,15)16)37(35)43(11,12)13/h17-24H,39-40H2,1-16H3. The number of hydrogen-bond donors (Lipinski definition) is 0. The van der Waals surface area contributed by atoms with Crippen LogP contribution < -0.4 is 41.5 Å². The molecule has 0 saturated heterocycles. The van der Waals surface area contributed by atoms with E-state index in [9.17, 15) is 0 Å². The van der Waals surface area contributed by atoms with Gasteiger partial charge in [0, 0.05) is 0 Å². The molecule has 0 atom stereocenters. The lowest BCUT2D eigenvalue weighted by atomic mass is 10.1. The van der Waals surface area contributed by atoms with Crippen LogP contribution in [0, 0.1) is 27.7 Å². The van der Waals surface area contributed by atoms with Gasteiger partial charge in [-0.05, 0) is 60.7 Å². The zero-order valence-corrected chi connectivity index (χ0v) is 37.9. The van der Waals surface area contributed by atoms with Crippen molar-refractivity contribution in [3.8, 4) is 0 Å². The number of rotatable bonds is 8. The van der Waals surface area contributed by atoms with Crippen LogP contribution in [0.25, 0.3) is 10.8 Å². The largest absolute Gasteiger partial charge is 0.0885 e. The fourth-order valence-corrected chi connectivity index (χ4v) is 26.7. The van der Waals surface area contributed by atoms with Crippen LogP contribution in [-0.2, 0) is 0 Å². The van der Waals surface area contributed by atoms with Crippen molar-refractivity contribution in [2.75, 3.05) is 0 Å². The van der Waals surface area contributed by atoms with Crippen LogP contribution in [-0.4, -0.2) is 51.3 Å². The molecule has 4 rings (SSSR count). The lowest BCUT2D eigenvalue weighted by Crippen LogP contribution is -2.70. The fraction of sp³-hybridized carbons (Fsp3) is 0.421. The molecule has 0 radical (unpaired) electrons. The van der Waals surface area contributed by atoms with E-state index >= 15 is 0 Å². The van der Waals surface area contributed by atoms with Gasteiger partial charge in [0.25, 0.3) is 0 Å². The molecule has 236 valence electrons. The van der Waals surface area contributed by atoms with E-state index < -0.39 is 51.3 Å². The summed E-state index contributed by atoms with van der Waals surface area (Å²) in [6, 6.07) is 19.8. The first kappa shape index (κ1) is 35.3. The molecule has 44 heavy (non-hydrogen) atoms. The average Bonchev–Trinajstić information content (AvgIpc) is 2.87. The van der Waals surface area contributed by atoms with E-state index in [1.807, 2.05) is 20.7 Å². The van der Waals surface area contributed by atoms with E-state index in [1.54, 1.807) is 31.5 Å². The monoisotopic (exact) mass is 684 g/mol. The SMILES string of the molecule is Cc1cccc([SiH2]c2c([Si](C)(C)C)c([Si](C)(C)C)c([SiH2]c3cccc(C)c3C)c3cc([Si](C)(C)C)c([Si](C)(C)C)cc23)c1C. The highest BCUT2D eigenvalue weighted by Crippen LogP contribution is 2.18. The molecule has 0 heterocycles. The summed E-state index contributed by atoms with van der Waals surface area (Å²) >= 11 is 0. The summed E-state index contributed by atoms with van der Waals surface area (Å²) < 4.78 is 0. The Kier molecular flexibility index (Phi) is 9.81. The lowest BCUT2D eigenvalue weighted by molar-refractivity contribution is 1.37. The molecule has 0 spiro atoms. The van der Waals surface area contributed by atoms with Gasteiger partial charge in [-0.1, -0.05) is 169 Å². The normalized spacial score (nSPS) is 13.7. The zero-order chi connectivity index (χ0) is 33.2. The van der Waals surface area contributed by atoms with Crippen LogP contribution in [0.2, 0.25) is 78.6 Å². The molecule has 0 amide bonds. The van der Waals surface area contributed by atoms with Gasteiger partial charge in [-0.25, -0.2) is 0 Å². The van der Waals surface area contributed by atoms with E-state index in [-0.39, 0.29) is 0 Å². The minimum Gasteiger partial charge on any atom is -0.0656 e. The molecule has 0 saturated carbocycles. The van der Waals surface area contributed by atoms with Gasteiger partial charge in [0.05, 0.1) is 51.3 Å². The first-order chi connectivity index (χ1) is 20.0. The maximum atomic E-state index is 2.81. The predicted octanol–water partition coefficient (Wildman–Crippen LogP) is 4.49. The van der Waals surface area contributed by atoms with E-state index in [1.165, 1.54) is 22.3 Å². The van der Waals surface area contributed by atoms with Gasteiger partial charge in [-0.15, -0.1) is 0 Å². The Morgan fingerprint density at radius 3 is 1.02 bits per heavy atom. The van der Waals surface area contributed by atoms with E-state index in [0.717, 1.165) is 0 Å².